The lowest BCUT2D eigenvalue weighted by molar-refractivity contribution is -0.384. The molecule has 1 amide bonds. The molecule has 172 valence electrons. The molecule has 0 saturated carbocycles. The van der Waals surface area contributed by atoms with Crippen LogP contribution in [0.3, 0.4) is 0 Å². The summed E-state index contributed by atoms with van der Waals surface area (Å²) in [6, 6.07) is 11.3. The molecule has 0 spiro atoms. The number of furan rings is 1. The van der Waals surface area contributed by atoms with E-state index in [2.05, 4.69) is 0 Å². The summed E-state index contributed by atoms with van der Waals surface area (Å²) in [5.41, 5.74) is -1.48. The van der Waals surface area contributed by atoms with Gasteiger partial charge in [0.15, 0.2) is 5.76 Å². The van der Waals surface area contributed by atoms with E-state index < -0.39 is 34.1 Å². The monoisotopic (exact) mass is 463 g/mol. The van der Waals surface area contributed by atoms with E-state index in [0.717, 1.165) is 12.1 Å². The topological polar surface area (TPSA) is 79.8 Å². The Morgan fingerprint density at radius 3 is 2.33 bits per heavy atom. The predicted octanol–water partition coefficient (Wildman–Crippen LogP) is 4.98. The van der Waals surface area contributed by atoms with Gasteiger partial charge in [-0.15, -0.1) is 0 Å². The second-order valence-corrected chi connectivity index (χ2v) is 7.38. The lowest BCUT2D eigenvalue weighted by atomic mass is 10.1. The summed E-state index contributed by atoms with van der Waals surface area (Å²) in [7, 11) is 0. The van der Waals surface area contributed by atoms with Crippen LogP contribution in [-0.2, 0) is 6.18 Å². The molecular formula is C22H17F4N3O4. The minimum atomic E-state index is -4.70. The van der Waals surface area contributed by atoms with Crippen LogP contribution in [0.4, 0.5) is 28.9 Å². The highest BCUT2D eigenvalue weighted by Gasteiger charge is 2.34. The average Bonchev–Trinajstić information content (AvgIpc) is 3.28. The minimum Gasteiger partial charge on any atom is -0.451 e. The van der Waals surface area contributed by atoms with Gasteiger partial charge in [0, 0.05) is 32.2 Å². The highest BCUT2D eigenvalue weighted by atomic mass is 19.4. The molecule has 0 bridgehead atoms. The zero-order chi connectivity index (χ0) is 23.8. The standard InChI is InChI=1S/C22H17F4N3O4/c23-16-4-2-1-3-15(16)19-7-8-20(33-19)21(30)28-11-9-27(10-12-28)17-6-5-14(22(24,25)26)13-18(17)29(31)32/h1-8,13H,9-12H2. The van der Waals surface area contributed by atoms with Gasteiger partial charge in [-0.05, 0) is 36.4 Å². The van der Waals surface area contributed by atoms with Gasteiger partial charge >= 0.3 is 6.18 Å². The van der Waals surface area contributed by atoms with Crippen molar-refractivity contribution in [3.05, 3.63) is 81.9 Å². The molecule has 4 rings (SSSR count). The zero-order valence-corrected chi connectivity index (χ0v) is 17.0. The lowest BCUT2D eigenvalue weighted by Crippen LogP contribution is -2.48. The molecule has 1 aliphatic heterocycles. The fourth-order valence-corrected chi connectivity index (χ4v) is 3.68. The average molecular weight is 463 g/mol. The van der Waals surface area contributed by atoms with Gasteiger partial charge in [0.25, 0.3) is 11.6 Å². The molecule has 1 aliphatic rings. The van der Waals surface area contributed by atoms with Crippen LogP contribution in [0.15, 0.2) is 59.0 Å². The van der Waals surface area contributed by atoms with Crippen LogP contribution in [0.1, 0.15) is 16.1 Å². The van der Waals surface area contributed by atoms with E-state index in [9.17, 15) is 32.5 Å². The van der Waals surface area contributed by atoms with E-state index in [1.54, 1.807) is 11.0 Å². The predicted molar refractivity (Wildman–Crippen MR) is 110 cm³/mol. The van der Waals surface area contributed by atoms with E-state index in [1.807, 2.05) is 0 Å². The fraction of sp³-hybridized carbons (Fsp3) is 0.227. The molecule has 3 aromatic rings. The number of hydrogen-bond donors (Lipinski definition) is 0. The number of piperazine rings is 1. The number of halogens is 4. The van der Waals surface area contributed by atoms with Gasteiger partial charge in [-0.2, -0.15) is 13.2 Å². The van der Waals surface area contributed by atoms with Crippen molar-refractivity contribution in [3.8, 4) is 11.3 Å². The van der Waals surface area contributed by atoms with Crippen LogP contribution in [0, 0.1) is 15.9 Å². The normalized spacial score (nSPS) is 14.4. The van der Waals surface area contributed by atoms with Gasteiger partial charge in [0.2, 0.25) is 0 Å². The van der Waals surface area contributed by atoms with Gasteiger partial charge in [0.05, 0.1) is 16.1 Å². The third-order valence-electron chi connectivity index (χ3n) is 5.36. The summed E-state index contributed by atoms with van der Waals surface area (Å²) in [5.74, 6) is -0.700. The number of rotatable bonds is 4. The number of benzene rings is 2. The Kier molecular flexibility index (Phi) is 5.79. The molecule has 0 unspecified atom stereocenters. The number of nitrogens with zero attached hydrogens (tertiary/aromatic N) is 3. The number of carbonyl (C=O) groups is 1. The number of nitro benzene ring substituents is 1. The first-order chi connectivity index (χ1) is 15.6. The van der Waals surface area contributed by atoms with Crippen LogP contribution in [0.2, 0.25) is 0 Å². The molecule has 33 heavy (non-hydrogen) atoms. The third kappa shape index (κ3) is 4.52. The van der Waals surface area contributed by atoms with Crippen molar-refractivity contribution in [1.82, 2.24) is 4.90 Å². The van der Waals surface area contributed by atoms with Crippen LogP contribution in [0.5, 0.6) is 0 Å². The lowest BCUT2D eigenvalue weighted by Gasteiger charge is -2.35. The number of hydrogen-bond acceptors (Lipinski definition) is 5. The van der Waals surface area contributed by atoms with Crippen molar-refractivity contribution in [3.63, 3.8) is 0 Å². The van der Waals surface area contributed by atoms with Crippen molar-refractivity contribution in [1.29, 1.82) is 0 Å². The Bertz CT molecular complexity index is 1200. The number of anilines is 1. The third-order valence-corrected chi connectivity index (χ3v) is 5.36. The van der Waals surface area contributed by atoms with Crippen molar-refractivity contribution in [2.24, 2.45) is 0 Å². The van der Waals surface area contributed by atoms with Crippen LogP contribution >= 0.6 is 0 Å². The first-order valence-corrected chi connectivity index (χ1v) is 9.90. The highest BCUT2D eigenvalue weighted by Crippen LogP contribution is 2.37. The number of amides is 1. The van der Waals surface area contributed by atoms with Gasteiger partial charge in [-0.1, -0.05) is 12.1 Å². The number of nitro groups is 1. The van der Waals surface area contributed by atoms with Gasteiger partial charge in [-0.25, -0.2) is 4.39 Å². The molecule has 1 saturated heterocycles. The molecule has 11 heteroatoms. The Hall–Kier alpha value is -3.89. The summed E-state index contributed by atoms with van der Waals surface area (Å²) in [6.07, 6.45) is -4.70. The van der Waals surface area contributed by atoms with Gasteiger partial charge < -0.3 is 14.2 Å². The summed E-state index contributed by atoms with van der Waals surface area (Å²) >= 11 is 0. The molecule has 7 nitrogen and oxygen atoms in total. The summed E-state index contributed by atoms with van der Waals surface area (Å²) < 4.78 is 58.3. The SMILES string of the molecule is O=C(c1ccc(-c2ccccc2F)o1)N1CCN(c2ccc(C(F)(F)F)cc2[N+](=O)[O-])CC1. The minimum absolute atomic E-state index is 0.0159. The summed E-state index contributed by atoms with van der Waals surface area (Å²) in [6.45, 7) is 0.705. The molecule has 1 aromatic heterocycles. The zero-order valence-electron chi connectivity index (χ0n) is 17.0. The molecular weight excluding hydrogens is 446 g/mol. The Labute approximate surface area is 185 Å². The smallest absolute Gasteiger partial charge is 0.416 e. The van der Waals surface area contributed by atoms with E-state index in [1.165, 1.54) is 35.2 Å². The molecule has 0 aliphatic carbocycles. The summed E-state index contributed by atoms with van der Waals surface area (Å²) in [5, 5.41) is 11.4. The number of alkyl halides is 3. The fourth-order valence-electron chi connectivity index (χ4n) is 3.68. The number of carbonyl (C=O) groups excluding carboxylic acids is 1. The van der Waals surface area contributed by atoms with Crippen molar-refractivity contribution in [2.75, 3.05) is 31.1 Å². The second kappa shape index (κ2) is 8.57. The van der Waals surface area contributed by atoms with Crippen LogP contribution in [-0.4, -0.2) is 41.9 Å². The molecule has 2 aromatic carbocycles. The first kappa shape index (κ1) is 22.3. The Morgan fingerprint density at radius 1 is 1.00 bits per heavy atom. The maximum Gasteiger partial charge on any atom is 0.416 e. The quantitative estimate of drug-likeness (QED) is 0.310. The van der Waals surface area contributed by atoms with Crippen LogP contribution in [0.25, 0.3) is 11.3 Å². The molecule has 0 atom stereocenters. The summed E-state index contributed by atoms with van der Waals surface area (Å²) in [4.78, 5) is 26.3. The van der Waals surface area contributed by atoms with Gasteiger partial charge in [0.1, 0.15) is 17.3 Å². The maximum atomic E-state index is 14.0. The van der Waals surface area contributed by atoms with Crippen molar-refractivity contribution >= 4 is 17.3 Å². The largest absolute Gasteiger partial charge is 0.451 e. The second-order valence-electron chi connectivity index (χ2n) is 7.38. The molecule has 2 heterocycles. The highest BCUT2D eigenvalue weighted by molar-refractivity contribution is 5.92. The Morgan fingerprint density at radius 2 is 1.70 bits per heavy atom. The first-order valence-electron chi connectivity index (χ1n) is 9.90. The molecule has 0 radical (unpaired) electrons. The van der Waals surface area contributed by atoms with Gasteiger partial charge in [-0.3, -0.25) is 14.9 Å². The molecule has 0 N–H and O–H groups in total. The Balaban J connectivity index is 1.47. The van der Waals surface area contributed by atoms with E-state index in [0.29, 0.717) is 6.07 Å². The maximum absolute atomic E-state index is 14.0. The van der Waals surface area contributed by atoms with Crippen molar-refractivity contribution < 1.29 is 31.7 Å². The van der Waals surface area contributed by atoms with E-state index >= 15 is 0 Å². The molecule has 1 fully saturated rings. The van der Waals surface area contributed by atoms with Crippen LogP contribution < -0.4 is 4.90 Å². The van der Waals surface area contributed by atoms with E-state index in [-0.39, 0.29) is 49.0 Å². The van der Waals surface area contributed by atoms with Crippen molar-refractivity contribution in [2.45, 2.75) is 6.18 Å². The van der Waals surface area contributed by atoms with E-state index in [4.69, 9.17) is 4.42 Å².